The Kier molecular flexibility index (Phi) is 4.39. The Morgan fingerprint density at radius 3 is 2.09 bits per heavy atom. The van der Waals surface area contributed by atoms with Gasteiger partial charge < -0.3 is 10.6 Å². The number of nitrogens with one attached hydrogen (secondary N) is 2. The fourth-order valence-electron chi connectivity index (χ4n) is 2.37. The molecule has 0 aliphatic heterocycles. The second kappa shape index (κ2) is 6.79. The average Bonchev–Trinajstić information content (AvgIpc) is 2.58. The van der Waals surface area contributed by atoms with Crippen molar-refractivity contribution >= 4 is 23.0 Å². The van der Waals surface area contributed by atoms with Gasteiger partial charge in [-0.2, -0.15) is 0 Å². The topological polar surface area (TPSA) is 41.1 Å². The zero-order chi connectivity index (χ0) is 16.1. The molecular formula is C20H18N2O. The maximum atomic E-state index is 12.6. The molecule has 0 saturated carbocycles. The zero-order valence-corrected chi connectivity index (χ0v) is 12.9. The summed E-state index contributed by atoms with van der Waals surface area (Å²) in [7, 11) is 0. The number of aryl methyl sites for hydroxylation is 1. The molecule has 0 heterocycles. The van der Waals surface area contributed by atoms with E-state index in [9.17, 15) is 4.79 Å². The molecule has 114 valence electrons. The van der Waals surface area contributed by atoms with Crippen molar-refractivity contribution in [2.24, 2.45) is 0 Å². The minimum absolute atomic E-state index is 0.127. The van der Waals surface area contributed by atoms with Crippen LogP contribution < -0.4 is 10.6 Å². The first-order valence-electron chi connectivity index (χ1n) is 7.52. The van der Waals surface area contributed by atoms with Crippen LogP contribution in [0.1, 0.15) is 15.9 Å². The van der Waals surface area contributed by atoms with Crippen LogP contribution in [-0.2, 0) is 0 Å². The molecule has 0 saturated heterocycles. The van der Waals surface area contributed by atoms with Gasteiger partial charge in [0.2, 0.25) is 0 Å². The highest BCUT2D eigenvalue weighted by Crippen LogP contribution is 2.22. The minimum Gasteiger partial charge on any atom is -0.355 e. The van der Waals surface area contributed by atoms with Crippen LogP contribution in [0.4, 0.5) is 17.1 Å². The molecule has 0 fully saturated rings. The Bertz CT molecular complexity index is 813. The van der Waals surface area contributed by atoms with Crippen molar-refractivity contribution in [2.75, 3.05) is 10.6 Å². The number of anilines is 3. The van der Waals surface area contributed by atoms with Crippen LogP contribution in [-0.4, -0.2) is 5.91 Å². The van der Waals surface area contributed by atoms with E-state index in [1.54, 1.807) is 0 Å². The summed E-state index contributed by atoms with van der Waals surface area (Å²) < 4.78 is 0. The Balaban J connectivity index is 1.85. The normalized spacial score (nSPS) is 10.1. The van der Waals surface area contributed by atoms with Gasteiger partial charge in [-0.1, -0.05) is 48.5 Å². The average molecular weight is 302 g/mol. The summed E-state index contributed by atoms with van der Waals surface area (Å²) in [5, 5.41) is 6.27. The van der Waals surface area contributed by atoms with Crippen LogP contribution in [0.25, 0.3) is 0 Å². The lowest BCUT2D eigenvalue weighted by Crippen LogP contribution is -2.14. The Morgan fingerprint density at radius 1 is 0.739 bits per heavy atom. The first-order valence-corrected chi connectivity index (χ1v) is 7.52. The third kappa shape index (κ3) is 3.58. The number of hydrogen-bond donors (Lipinski definition) is 2. The monoisotopic (exact) mass is 302 g/mol. The van der Waals surface area contributed by atoms with E-state index < -0.39 is 0 Å². The lowest BCUT2D eigenvalue weighted by atomic mass is 10.1. The largest absolute Gasteiger partial charge is 0.355 e. The fourth-order valence-corrected chi connectivity index (χ4v) is 2.37. The maximum absolute atomic E-state index is 12.6. The lowest BCUT2D eigenvalue weighted by Gasteiger charge is -2.13. The summed E-state index contributed by atoms with van der Waals surface area (Å²) in [4.78, 5) is 12.6. The highest BCUT2D eigenvalue weighted by atomic mass is 16.1. The summed E-state index contributed by atoms with van der Waals surface area (Å²) in [5.41, 5.74) is 4.20. The van der Waals surface area contributed by atoms with Crippen molar-refractivity contribution in [3.63, 3.8) is 0 Å². The van der Waals surface area contributed by atoms with Gasteiger partial charge in [0.25, 0.3) is 5.91 Å². The van der Waals surface area contributed by atoms with E-state index in [2.05, 4.69) is 10.6 Å². The van der Waals surface area contributed by atoms with Crippen molar-refractivity contribution in [2.45, 2.75) is 6.92 Å². The van der Waals surface area contributed by atoms with Crippen LogP contribution in [0.2, 0.25) is 0 Å². The molecule has 3 aromatic carbocycles. The lowest BCUT2D eigenvalue weighted by molar-refractivity contribution is 0.102. The van der Waals surface area contributed by atoms with Gasteiger partial charge >= 0.3 is 0 Å². The fraction of sp³-hybridized carbons (Fsp3) is 0.0500. The first-order chi connectivity index (χ1) is 11.2. The Morgan fingerprint density at radius 2 is 1.35 bits per heavy atom. The van der Waals surface area contributed by atoms with Crippen molar-refractivity contribution in [3.05, 3.63) is 90.0 Å². The number of hydrogen-bond acceptors (Lipinski definition) is 2. The van der Waals surface area contributed by atoms with E-state index in [-0.39, 0.29) is 5.91 Å². The molecule has 1 amide bonds. The molecular weight excluding hydrogens is 284 g/mol. The molecule has 3 nitrogen and oxygen atoms in total. The van der Waals surface area contributed by atoms with Crippen LogP contribution >= 0.6 is 0 Å². The molecule has 0 aliphatic rings. The predicted molar refractivity (Wildman–Crippen MR) is 95.3 cm³/mol. The summed E-state index contributed by atoms with van der Waals surface area (Å²) in [6.07, 6.45) is 0. The van der Waals surface area contributed by atoms with E-state index in [0.717, 1.165) is 22.6 Å². The molecule has 0 radical (unpaired) electrons. The van der Waals surface area contributed by atoms with Crippen LogP contribution in [0.15, 0.2) is 78.9 Å². The zero-order valence-electron chi connectivity index (χ0n) is 12.9. The van der Waals surface area contributed by atoms with Gasteiger partial charge in [-0.3, -0.25) is 4.79 Å². The standard InChI is InChI=1S/C20H18N2O/c1-15-9-5-7-13-18(15)22-20(23)17-12-6-8-14-19(17)21-16-10-3-2-4-11-16/h2-14,21H,1H3,(H,22,23). The molecule has 0 aromatic heterocycles. The van der Waals surface area contributed by atoms with E-state index in [1.807, 2.05) is 85.8 Å². The number of rotatable bonds is 4. The minimum atomic E-state index is -0.127. The number of para-hydroxylation sites is 3. The molecule has 2 N–H and O–H groups in total. The van der Waals surface area contributed by atoms with Crippen LogP contribution in [0, 0.1) is 6.92 Å². The van der Waals surface area contributed by atoms with E-state index in [4.69, 9.17) is 0 Å². The molecule has 23 heavy (non-hydrogen) atoms. The number of carbonyl (C=O) groups excluding carboxylic acids is 1. The molecule has 0 bridgehead atoms. The summed E-state index contributed by atoms with van der Waals surface area (Å²) >= 11 is 0. The number of benzene rings is 3. The first kappa shape index (κ1) is 14.9. The second-order valence-corrected chi connectivity index (χ2v) is 5.31. The Labute approximate surface area is 136 Å². The third-order valence-electron chi connectivity index (χ3n) is 3.62. The second-order valence-electron chi connectivity index (χ2n) is 5.31. The Hall–Kier alpha value is -3.07. The number of amides is 1. The number of carbonyl (C=O) groups is 1. The van der Waals surface area contributed by atoms with E-state index in [0.29, 0.717) is 5.56 Å². The molecule has 0 atom stereocenters. The van der Waals surface area contributed by atoms with E-state index >= 15 is 0 Å². The summed E-state index contributed by atoms with van der Waals surface area (Å²) in [6, 6.07) is 25.1. The van der Waals surface area contributed by atoms with Gasteiger partial charge in [0.05, 0.1) is 11.3 Å². The molecule has 3 aromatic rings. The van der Waals surface area contributed by atoms with Crippen LogP contribution in [0.3, 0.4) is 0 Å². The highest BCUT2D eigenvalue weighted by Gasteiger charge is 2.12. The van der Waals surface area contributed by atoms with Gasteiger partial charge in [0.15, 0.2) is 0 Å². The predicted octanol–water partition coefficient (Wildman–Crippen LogP) is 4.99. The quantitative estimate of drug-likeness (QED) is 0.712. The maximum Gasteiger partial charge on any atom is 0.257 e. The molecule has 3 rings (SSSR count). The van der Waals surface area contributed by atoms with Gasteiger partial charge in [0.1, 0.15) is 0 Å². The van der Waals surface area contributed by atoms with Gasteiger partial charge in [0, 0.05) is 11.4 Å². The highest BCUT2D eigenvalue weighted by molar-refractivity contribution is 6.08. The SMILES string of the molecule is Cc1ccccc1NC(=O)c1ccccc1Nc1ccccc1. The molecule has 0 spiro atoms. The van der Waals surface area contributed by atoms with Crippen LogP contribution in [0.5, 0.6) is 0 Å². The van der Waals surface area contributed by atoms with Crippen molar-refractivity contribution < 1.29 is 4.79 Å². The van der Waals surface area contributed by atoms with E-state index in [1.165, 1.54) is 0 Å². The van der Waals surface area contributed by atoms with Gasteiger partial charge in [-0.15, -0.1) is 0 Å². The molecule has 0 unspecified atom stereocenters. The third-order valence-corrected chi connectivity index (χ3v) is 3.62. The summed E-state index contributed by atoms with van der Waals surface area (Å²) in [5.74, 6) is -0.127. The van der Waals surface area contributed by atoms with Gasteiger partial charge in [-0.05, 0) is 42.8 Å². The summed E-state index contributed by atoms with van der Waals surface area (Å²) in [6.45, 7) is 1.98. The molecule has 0 aliphatic carbocycles. The van der Waals surface area contributed by atoms with Crippen molar-refractivity contribution in [1.29, 1.82) is 0 Å². The molecule has 3 heteroatoms. The smallest absolute Gasteiger partial charge is 0.257 e. The van der Waals surface area contributed by atoms with Gasteiger partial charge in [-0.25, -0.2) is 0 Å². The van der Waals surface area contributed by atoms with Crippen molar-refractivity contribution in [3.8, 4) is 0 Å². The van der Waals surface area contributed by atoms with Crippen molar-refractivity contribution in [1.82, 2.24) is 0 Å².